The number of amides is 1. The van der Waals surface area contributed by atoms with Crippen molar-refractivity contribution < 1.29 is 9.90 Å². The molecule has 0 saturated carbocycles. The van der Waals surface area contributed by atoms with E-state index in [0.717, 1.165) is 12.1 Å². The molecular weight excluding hydrogens is 304 g/mol. The second-order valence-corrected chi connectivity index (χ2v) is 5.33. The van der Waals surface area contributed by atoms with Gasteiger partial charge in [0.25, 0.3) is 5.56 Å². The quantitative estimate of drug-likeness (QED) is 0.786. The molecule has 4 rings (SSSR count). The predicted molar refractivity (Wildman–Crippen MR) is 66.8 cm³/mol. The highest BCUT2D eigenvalue weighted by atomic mass is 79.9. The highest BCUT2D eigenvalue weighted by molar-refractivity contribution is 9.10. The lowest BCUT2D eigenvalue weighted by Crippen LogP contribution is -2.70. The summed E-state index contributed by atoms with van der Waals surface area (Å²) in [4.78, 5) is 25.9. The molecule has 0 aliphatic carbocycles. The van der Waals surface area contributed by atoms with Gasteiger partial charge < -0.3 is 10.0 Å². The number of carbonyl (C=O) groups is 1. The lowest BCUT2D eigenvalue weighted by molar-refractivity contribution is 0.0114. The molecule has 0 spiro atoms. The minimum Gasteiger partial charge on any atom is -0.465 e. The van der Waals surface area contributed by atoms with Crippen LogP contribution in [0, 0.1) is 0 Å². The van der Waals surface area contributed by atoms with Crippen molar-refractivity contribution in [3.8, 4) is 0 Å². The van der Waals surface area contributed by atoms with Crippen LogP contribution >= 0.6 is 15.9 Å². The summed E-state index contributed by atoms with van der Waals surface area (Å²) in [5.41, 5.74) is 0.445. The highest BCUT2D eigenvalue weighted by Crippen LogP contribution is 2.35. The van der Waals surface area contributed by atoms with Gasteiger partial charge in [0.1, 0.15) is 4.47 Å². The van der Waals surface area contributed by atoms with Gasteiger partial charge in [-0.2, -0.15) is 5.10 Å². The van der Waals surface area contributed by atoms with Gasteiger partial charge in [0, 0.05) is 13.1 Å². The number of H-pyrrole nitrogens is 1. The molecule has 1 aromatic rings. The van der Waals surface area contributed by atoms with Crippen molar-refractivity contribution in [3.05, 3.63) is 21.0 Å². The fourth-order valence-electron chi connectivity index (χ4n) is 2.71. The van der Waals surface area contributed by atoms with Crippen LogP contribution < -0.4 is 10.5 Å². The third kappa shape index (κ3) is 1.59. The summed E-state index contributed by atoms with van der Waals surface area (Å²) in [7, 11) is 0. The van der Waals surface area contributed by atoms with Gasteiger partial charge in [0.2, 0.25) is 0 Å². The molecule has 4 heterocycles. The van der Waals surface area contributed by atoms with Crippen LogP contribution in [-0.2, 0) is 0 Å². The van der Waals surface area contributed by atoms with Crippen LogP contribution in [0.3, 0.4) is 0 Å². The smallest absolute Gasteiger partial charge is 0.407 e. The fourth-order valence-corrected chi connectivity index (χ4v) is 3.16. The van der Waals surface area contributed by atoms with Crippen LogP contribution in [0.5, 0.6) is 0 Å². The first-order valence-electron chi connectivity index (χ1n) is 5.57. The molecule has 0 aromatic carbocycles. The molecule has 2 bridgehead atoms. The Hall–Kier alpha value is -1.57. The number of piperidine rings is 1. The minimum atomic E-state index is -0.862. The zero-order chi connectivity index (χ0) is 12.9. The van der Waals surface area contributed by atoms with Gasteiger partial charge in [-0.1, -0.05) is 0 Å². The van der Waals surface area contributed by atoms with Crippen LogP contribution in [-0.4, -0.2) is 51.5 Å². The first kappa shape index (κ1) is 11.5. The maximum atomic E-state index is 11.5. The van der Waals surface area contributed by atoms with Gasteiger partial charge >= 0.3 is 6.09 Å². The summed E-state index contributed by atoms with van der Waals surface area (Å²) in [6.45, 7) is 1.21. The number of nitrogens with one attached hydrogen (secondary N) is 1. The molecule has 3 aliphatic rings. The Bertz CT molecular complexity index is 548. The van der Waals surface area contributed by atoms with E-state index >= 15 is 0 Å². The molecule has 2 N–H and O–H groups in total. The van der Waals surface area contributed by atoms with Gasteiger partial charge in [-0.05, 0) is 22.4 Å². The second kappa shape index (κ2) is 3.98. The number of nitrogens with zero attached hydrogens (tertiary/aromatic N) is 3. The maximum absolute atomic E-state index is 11.5. The van der Waals surface area contributed by atoms with E-state index in [2.05, 4.69) is 26.1 Å². The van der Waals surface area contributed by atoms with E-state index in [1.807, 2.05) is 4.90 Å². The number of hydrogen-bond donors (Lipinski definition) is 2. The van der Waals surface area contributed by atoms with E-state index in [9.17, 15) is 9.59 Å². The van der Waals surface area contributed by atoms with E-state index in [1.54, 1.807) is 6.20 Å². The average molecular weight is 315 g/mol. The summed E-state index contributed by atoms with van der Waals surface area (Å²) >= 11 is 3.24. The first-order chi connectivity index (χ1) is 8.58. The van der Waals surface area contributed by atoms with E-state index in [1.165, 1.54) is 4.90 Å². The third-order valence-electron chi connectivity index (χ3n) is 3.53. The first-order valence-corrected chi connectivity index (χ1v) is 6.36. The van der Waals surface area contributed by atoms with Crippen molar-refractivity contribution in [3.63, 3.8) is 0 Å². The van der Waals surface area contributed by atoms with Gasteiger partial charge in [0.05, 0.1) is 24.0 Å². The Morgan fingerprint density at radius 3 is 2.78 bits per heavy atom. The zero-order valence-corrected chi connectivity index (χ0v) is 10.9. The topological polar surface area (TPSA) is 89.5 Å². The summed E-state index contributed by atoms with van der Waals surface area (Å²) in [6, 6.07) is 0.0416. The number of anilines is 1. The Labute approximate surface area is 111 Å². The Kier molecular flexibility index (Phi) is 2.54. The van der Waals surface area contributed by atoms with E-state index in [4.69, 9.17) is 5.11 Å². The number of carboxylic acid groups (broad SMARTS) is 1. The monoisotopic (exact) mass is 314 g/mol. The van der Waals surface area contributed by atoms with E-state index in [-0.39, 0.29) is 17.6 Å². The van der Waals surface area contributed by atoms with Crippen LogP contribution in [0.25, 0.3) is 0 Å². The highest BCUT2D eigenvalue weighted by Gasteiger charge is 2.47. The Morgan fingerprint density at radius 1 is 1.50 bits per heavy atom. The molecule has 96 valence electrons. The molecule has 2 unspecified atom stereocenters. The van der Waals surface area contributed by atoms with Crippen LogP contribution in [0.1, 0.15) is 6.42 Å². The molecule has 7 nitrogen and oxygen atoms in total. The van der Waals surface area contributed by atoms with Gasteiger partial charge in [0.15, 0.2) is 0 Å². The lowest BCUT2D eigenvalue weighted by atomic mass is 9.88. The molecule has 3 fully saturated rings. The Balaban J connectivity index is 1.84. The normalized spacial score (nSPS) is 25.8. The molecule has 18 heavy (non-hydrogen) atoms. The zero-order valence-electron chi connectivity index (χ0n) is 9.34. The third-order valence-corrected chi connectivity index (χ3v) is 4.30. The molecule has 2 atom stereocenters. The molecule has 8 heteroatoms. The fraction of sp³-hybridized carbons (Fsp3) is 0.500. The maximum Gasteiger partial charge on any atom is 0.407 e. The predicted octanol–water partition coefficient (Wildman–Crippen LogP) is 0.473. The number of halogens is 1. The SMILES string of the molecule is O=C(O)N1C2CC1CN(c1cn[nH]c(=O)c1Br)C2. The molecule has 3 saturated heterocycles. The summed E-state index contributed by atoms with van der Waals surface area (Å²) < 4.78 is 0.445. The van der Waals surface area contributed by atoms with E-state index in [0.29, 0.717) is 17.6 Å². The van der Waals surface area contributed by atoms with Crippen LogP contribution in [0.2, 0.25) is 0 Å². The minimum absolute atomic E-state index is 0.0208. The number of aromatic amines is 1. The number of piperazine rings is 1. The summed E-state index contributed by atoms with van der Waals surface area (Å²) in [5.74, 6) is 0. The standard InChI is InChI=1S/C10H11BrN4O3/c11-8-7(2-12-13-9(8)16)14-3-5-1-6(4-14)15(5)10(17)18/h2,5-6H,1,3-4H2,(H,13,16)(H,17,18). The van der Waals surface area contributed by atoms with E-state index < -0.39 is 6.09 Å². The number of fused-ring (bicyclic) bond motifs is 2. The summed E-state index contributed by atoms with van der Waals surface area (Å²) in [5, 5.41) is 15.1. The van der Waals surface area contributed by atoms with Crippen molar-refractivity contribution in [2.45, 2.75) is 18.5 Å². The van der Waals surface area contributed by atoms with Crippen molar-refractivity contribution in [1.82, 2.24) is 15.1 Å². The van der Waals surface area contributed by atoms with Crippen molar-refractivity contribution in [1.29, 1.82) is 0 Å². The van der Waals surface area contributed by atoms with Crippen LogP contribution in [0.15, 0.2) is 15.5 Å². The van der Waals surface area contributed by atoms with Crippen molar-refractivity contribution in [2.75, 3.05) is 18.0 Å². The lowest BCUT2D eigenvalue weighted by Gasteiger charge is -2.55. The molecule has 3 aliphatic heterocycles. The molecule has 0 radical (unpaired) electrons. The van der Waals surface area contributed by atoms with Gasteiger partial charge in [-0.25, -0.2) is 9.89 Å². The Morgan fingerprint density at radius 2 is 2.17 bits per heavy atom. The molecule has 1 aromatic heterocycles. The van der Waals surface area contributed by atoms with Crippen LogP contribution in [0.4, 0.5) is 10.5 Å². The molecular formula is C10H11BrN4O3. The van der Waals surface area contributed by atoms with Crippen molar-refractivity contribution in [2.24, 2.45) is 0 Å². The number of rotatable bonds is 1. The van der Waals surface area contributed by atoms with Crippen molar-refractivity contribution >= 4 is 27.7 Å². The van der Waals surface area contributed by atoms with Gasteiger partial charge in [-0.15, -0.1) is 0 Å². The number of hydrogen-bond acceptors (Lipinski definition) is 4. The second-order valence-electron chi connectivity index (χ2n) is 4.54. The average Bonchev–Trinajstić information content (AvgIpc) is 2.32. The largest absolute Gasteiger partial charge is 0.465 e. The molecule has 1 amide bonds. The number of aromatic nitrogens is 2. The summed E-state index contributed by atoms with van der Waals surface area (Å²) in [6.07, 6.45) is 1.62. The van der Waals surface area contributed by atoms with Gasteiger partial charge in [-0.3, -0.25) is 9.69 Å².